The zero-order chi connectivity index (χ0) is 40.2. The fraction of sp³-hybridized carbons (Fsp3) is 0.513. The first kappa shape index (κ1) is 43.3. The Hall–Kier alpha value is -4.07. The lowest BCUT2D eigenvalue weighted by molar-refractivity contribution is -0.143. The molecular formula is C39H46F8N2O4. The number of aromatic nitrogens is 1. The van der Waals surface area contributed by atoms with Crippen molar-refractivity contribution in [3.8, 4) is 11.1 Å². The molecule has 0 N–H and O–H groups in total. The highest BCUT2D eigenvalue weighted by Gasteiger charge is 2.41. The van der Waals surface area contributed by atoms with Gasteiger partial charge in [-0.25, -0.2) is 8.78 Å². The Balaban J connectivity index is 2.32. The summed E-state index contributed by atoms with van der Waals surface area (Å²) in [5.41, 5.74) is -4.70. The lowest BCUT2D eigenvalue weighted by Gasteiger charge is -2.27. The van der Waals surface area contributed by atoms with Gasteiger partial charge in [0.25, 0.3) is 5.56 Å². The summed E-state index contributed by atoms with van der Waals surface area (Å²) in [5, 5.41) is 0. The number of alkyl halides is 6. The Morgan fingerprint density at radius 3 is 2.04 bits per heavy atom. The number of halogens is 8. The predicted octanol–water partition coefficient (Wildman–Crippen LogP) is 9.53. The van der Waals surface area contributed by atoms with Crippen molar-refractivity contribution >= 4 is 11.8 Å². The highest BCUT2D eigenvalue weighted by atomic mass is 19.4. The molecule has 0 radical (unpaired) electrons. The van der Waals surface area contributed by atoms with Crippen LogP contribution in [-0.2, 0) is 33.1 Å². The van der Waals surface area contributed by atoms with Crippen molar-refractivity contribution in [3.05, 3.63) is 91.4 Å². The predicted molar refractivity (Wildman–Crippen MR) is 186 cm³/mol. The van der Waals surface area contributed by atoms with Crippen molar-refractivity contribution < 1.29 is 49.4 Å². The minimum Gasteiger partial charge on any atom is -0.466 e. The molecule has 0 saturated carbocycles. The van der Waals surface area contributed by atoms with E-state index in [4.69, 9.17) is 4.74 Å². The maximum atomic E-state index is 16.8. The number of benzene rings is 2. The van der Waals surface area contributed by atoms with Crippen LogP contribution in [0.1, 0.15) is 97.9 Å². The number of aryl methyl sites for hydroxylation is 2. The molecule has 1 unspecified atom stereocenters. The van der Waals surface area contributed by atoms with Gasteiger partial charge in [0, 0.05) is 42.3 Å². The van der Waals surface area contributed by atoms with E-state index >= 15 is 8.78 Å². The Kier molecular flexibility index (Phi) is 14.2. The first-order valence-electron chi connectivity index (χ1n) is 17.4. The van der Waals surface area contributed by atoms with E-state index in [0.29, 0.717) is 35.4 Å². The van der Waals surface area contributed by atoms with Crippen LogP contribution in [0.25, 0.3) is 11.1 Å². The van der Waals surface area contributed by atoms with E-state index in [1.54, 1.807) is 65.6 Å². The summed E-state index contributed by atoms with van der Waals surface area (Å²) >= 11 is 0. The average Bonchev–Trinajstić information content (AvgIpc) is 3.04. The maximum Gasteiger partial charge on any atom is 0.419 e. The van der Waals surface area contributed by atoms with E-state index in [0.717, 1.165) is 10.8 Å². The van der Waals surface area contributed by atoms with Gasteiger partial charge in [-0.1, -0.05) is 32.9 Å². The molecule has 2 atom stereocenters. The van der Waals surface area contributed by atoms with Gasteiger partial charge in [0.05, 0.1) is 30.2 Å². The van der Waals surface area contributed by atoms with E-state index < -0.39 is 88.4 Å². The molecule has 0 fully saturated rings. The summed E-state index contributed by atoms with van der Waals surface area (Å²) in [6.07, 6.45) is -11.4. The number of Topliss-reactive ketones (excluding diaryl/α,β-unsaturated/α-hetero) is 1. The molecule has 0 amide bonds. The number of likely N-dealkylation sites (N-methyl/N-ethyl adjacent to an activating group) is 1. The van der Waals surface area contributed by atoms with Crippen LogP contribution in [0.2, 0.25) is 0 Å². The summed E-state index contributed by atoms with van der Waals surface area (Å²) in [6, 6.07) is 2.53. The van der Waals surface area contributed by atoms with Crippen molar-refractivity contribution in [1.82, 2.24) is 9.47 Å². The number of ether oxygens (including phenoxy) is 1. The first-order chi connectivity index (χ1) is 24.5. The Labute approximate surface area is 304 Å². The topological polar surface area (TPSA) is 68.6 Å². The lowest BCUT2D eigenvalue weighted by Crippen LogP contribution is -2.34. The minimum absolute atomic E-state index is 0.0747. The van der Waals surface area contributed by atoms with Crippen molar-refractivity contribution in [1.29, 1.82) is 0 Å². The molecule has 14 heteroatoms. The number of nitrogens with zero attached hydrogens (tertiary/aromatic N) is 2. The molecule has 1 heterocycles. The zero-order valence-corrected chi connectivity index (χ0v) is 31.1. The molecular weight excluding hydrogens is 712 g/mol. The smallest absolute Gasteiger partial charge is 0.419 e. The third kappa shape index (κ3) is 10.3. The summed E-state index contributed by atoms with van der Waals surface area (Å²) < 4.78 is 124. The second kappa shape index (κ2) is 17.4. The molecule has 0 aliphatic rings. The Morgan fingerprint density at radius 2 is 1.49 bits per heavy atom. The van der Waals surface area contributed by atoms with Gasteiger partial charge in [-0.2, -0.15) is 26.3 Å². The van der Waals surface area contributed by atoms with Crippen LogP contribution in [0, 0.1) is 38.3 Å². The Morgan fingerprint density at radius 1 is 0.887 bits per heavy atom. The number of hydrogen-bond donors (Lipinski definition) is 0. The van der Waals surface area contributed by atoms with Gasteiger partial charge in [0.2, 0.25) is 0 Å². The fourth-order valence-electron chi connectivity index (χ4n) is 6.46. The van der Waals surface area contributed by atoms with Gasteiger partial charge in [-0.15, -0.1) is 0 Å². The number of ketones is 1. The highest BCUT2D eigenvalue weighted by molar-refractivity contribution is 5.85. The largest absolute Gasteiger partial charge is 0.466 e. The van der Waals surface area contributed by atoms with Crippen LogP contribution >= 0.6 is 0 Å². The van der Waals surface area contributed by atoms with E-state index in [9.17, 15) is 40.7 Å². The third-order valence-electron chi connectivity index (χ3n) is 9.50. The van der Waals surface area contributed by atoms with Crippen molar-refractivity contribution in [2.75, 3.05) is 26.7 Å². The SMILES string of the molecule is CCOC(=O)C[C@H](CC(=O)C(CC(C)C)n1cc(CCN(C)CC)c(C(F)(F)F)cc1=O)c1c(F)c(-c2c(C)ccc(C)c2C)cc(C(F)(F)F)c1F. The zero-order valence-electron chi connectivity index (χ0n) is 31.1. The molecule has 0 aliphatic carbocycles. The van der Waals surface area contributed by atoms with Gasteiger partial charge < -0.3 is 14.2 Å². The van der Waals surface area contributed by atoms with E-state index in [1.807, 2.05) is 0 Å². The number of esters is 1. The molecule has 6 nitrogen and oxygen atoms in total. The number of carbonyl (C=O) groups is 2. The van der Waals surface area contributed by atoms with E-state index in [1.165, 1.54) is 6.92 Å². The standard InChI is InChI=1S/C39H46F8N2O4/c1-9-48(8)14-13-25-20-49(32(51)19-28(25)38(42,43)44)30(15-21(3)4)31(50)16-26(17-33(52)53-10-2)35-36(40)27(18-29(37(35)41)39(45,46)47)34-23(6)12-11-22(5)24(34)7/h11-12,18-21,26,30H,9-10,13-17H2,1-8H3/t26-,30?/m0/s1. The number of carbonyl (C=O) groups excluding carboxylic acids is 2. The molecule has 1 aromatic heterocycles. The highest BCUT2D eigenvalue weighted by Crippen LogP contribution is 2.44. The molecule has 0 bridgehead atoms. The number of pyridine rings is 1. The van der Waals surface area contributed by atoms with E-state index in [2.05, 4.69) is 0 Å². The monoisotopic (exact) mass is 758 g/mol. The number of hydrogen-bond acceptors (Lipinski definition) is 5. The fourth-order valence-corrected chi connectivity index (χ4v) is 6.46. The van der Waals surface area contributed by atoms with Gasteiger partial charge in [-0.05, 0) is 93.9 Å². The molecule has 0 aliphatic heterocycles. The van der Waals surface area contributed by atoms with Crippen LogP contribution in [-0.4, -0.2) is 48.0 Å². The molecule has 2 aromatic carbocycles. The third-order valence-corrected chi connectivity index (χ3v) is 9.50. The average molecular weight is 759 g/mol. The second-order valence-corrected chi connectivity index (χ2v) is 13.8. The summed E-state index contributed by atoms with van der Waals surface area (Å²) in [4.78, 5) is 42.2. The van der Waals surface area contributed by atoms with Crippen molar-refractivity contribution in [2.24, 2.45) is 5.92 Å². The van der Waals surface area contributed by atoms with Gasteiger partial charge in [0.1, 0.15) is 11.6 Å². The molecule has 0 saturated heterocycles. The second-order valence-electron chi connectivity index (χ2n) is 13.8. The summed E-state index contributed by atoms with van der Waals surface area (Å²) in [5.74, 6) is -7.61. The molecule has 3 aromatic rings. The van der Waals surface area contributed by atoms with Gasteiger partial charge in [-0.3, -0.25) is 14.4 Å². The van der Waals surface area contributed by atoms with Crippen LogP contribution in [0.5, 0.6) is 0 Å². The lowest BCUT2D eigenvalue weighted by atomic mass is 9.82. The van der Waals surface area contributed by atoms with Gasteiger partial charge >= 0.3 is 18.3 Å². The quantitative estimate of drug-likeness (QED) is 0.114. The molecule has 292 valence electrons. The summed E-state index contributed by atoms with van der Waals surface area (Å²) in [6.45, 7) is 11.9. The molecule has 53 heavy (non-hydrogen) atoms. The van der Waals surface area contributed by atoms with Crippen LogP contribution in [0.4, 0.5) is 35.1 Å². The van der Waals surface area contributed by atoms with Gasteiger partial charge in [0.15, 0.2) is 5.78 Å². The molecule has 3 rings (SSSR count). The van der Waals surface area contributed by atoms with Crippen molar-refractivity contribution in [2.45, 2.75) is 98.5 Å². The Bertz CT molecular complexity index is 1860. The maximum absolute atomic E-state index is 16.8. The first-order valence-corrected chi connectivity index (χ1v) is 17.4. The van der Waals surface area contributed by atoms with Crippen LogP contribution in [0.15, 0.2) is 35.3 Å². The van der Waals surface area contributed by atoms with Crippen LogP contribution in [0.3, 0.4) is 0 Å². The van der Waals surface area contributed by atoms with E-state index in [-0.39, 0.29) is 43.0 Å². The minimum atomic E-state index is -5.32. The summed E-state index contributed by atoms with van der Waals surface area (Å²) in [7, 11) is 1.69. The van der Waals surface area contributed by atoms with Crippen LogP contribution < -0.4 is 5.56 Å². The normalized spacial score (nSPS) is 13.5. The molecule has 0 spiro atoms. The van der Waals surface area contributed by atoms with Crippen molar-refractivity contribution in [3.63, 3.8) is 0 Å². The number of rotatable bonds is 15.